The molecule has 0 bridgehead atoms. The third kappa shape index (κ3) is 2.89. The van der Waals surface area contributed by atoms with Crippen LogP contribution in [0.1, 0.15) is 16.8 Å². The second kappa shape index (κ2) is 5.57. The van der Waals surface area contributed by atoms with Gasteiger partial charge >= 0.3 is 0 Å². The molecule has 0 radical (unpaired) electrons. The molecule has 0 aliphatic carbocycles. The third-order valence-corrected chi connectivity index (χ3v) is 5.71. The molecule has 22 heavy (non-hydrogen) atoms. The first kappa shape index (κ1) is 14.8. The monoisotopic (exact) mass is 319 g/mol. The number of sulfone groups is 1. The van der Waals surface area contributed by atoms with Crippen LogP contribution in [0.25, 0.3) is 5.69 Å². The van der Waals surface area contributed by atoms with Crippen molar-refractivity contribution in [3.63, 3.8) is 0 Å². The molecule has 1 fully saturated rings. The van der Waals surface area contributed by atoms with Crippen LogP contribution in [0.5, 0.6) is 0 Å². The zero-order valence-electron chi connectivity index (χ0n) is 12.2. The largest absolute Gasteiger partial charge is 0.338 e. The van der Waals surface area contributed by atoms with Crippen LogP contribution in [0.4, 0.5) is 0 Å². The quantitative estimate of drug-likeness (QED) is 0.850. The molecule has 7 heteroatoms. The summed E-state index contributed by atoms with van der Waals surface area (Å²) in [7, 11) is -1.34. The minimum absolute atomic E-state index is 0.0562. The summed E-state index contributed by atoms with van der Waals surface area (Å²) in [6, 6.07) is 8.70. The fourth-order valence-corrected chi connectivity index (χ4v) is 4.40. The number of carbonyl (C=O) groups is 1. The van der Waals surface area contributed by atoms with Gasteiger partial charge in [-0.2, -0.15) is 5.10 Å². The van der Waals surface area contributed by atoms with Gasteiger partial charge in [0.25, 0.3) is 5.91 Å². The van der Waals surface area contributed by atoms with Gasteiger partial charge in [0.2, 0.25) is 0 Å². The van der Waals surface area contributed by atoms with Crippen LogP contribution in [0.2, 0.25) is 0 Å². The van der Waals surface area contributed by atoms with Gasteiger partial charge in [0.15, 0.2) is 9.84 Å². The molecule has 3 rings (SSSR count). The molecule has 6 nitrogen and oxygen atoms in total. The van der Waals surface area contributed by atoms with Crippen molar-refractivity contribution in [1.29, 1.82) is 0 Å². The molecular weight excluding hydrogens is 302 g/mol. The number of aromatic nitrogens is 2. The van der Waals surface area contributed by atoms with Crippen LogP contribution in [0.3, 0.4) is 0 Å². The summed E-state index contributed by atoms with van der Waals surface area (Å²) in [6.07, 6.45) is 4.02. The first-order valence-corrected chi connectivity index (χ1v) is 8.86. The minimum atomic E-state index is -3.00. The smallest absolute Gasteiger partial charge is 0.253 e. The highest BCUT2D eigenvalue weighted by Crippen LogP contribution is 2.19. The van der Waals surface area contributed by atoms with Gasteiger partial charge in [0, 0.05) is 31.0 Å². The van der Waals surface area contributed by atoms with Gasteiger partial charge in [-0.1, -0.05) is 0 Å². The summed E-state index contributed by atoms with van der Waals surface area (Å²) < 4.78 is 24.8. The number of nitrogens with zero attached hydrogens (tertiary/aromatic N) is 3. The molecule has 1 saturated heterocycles. The first-order chi connectivity index (χ1) is 10.5. The lowest BCUT2D eigenvalue weighted by molar-refractivity contribution is 0.0747. The van der Waals surface area contributed by atoms with Gasteiger partial charge in [-0.15, -0.1) is 0 Å². The topological polar surface area (TPSA) is 72.3 Å². The third-order valence-electron chi connectivity index (χ3n) is 3.96. The van der Waals surface area contributed by atoms with Gasteiger partial charge in [0.05, 0.1) is 17.2 Å². The van der Waals surface area contributed by atoms with E-state index in [0.717, 1.165) is 5.69 Å². The highest BCUT2D eigenvalue weighted by Gasteiger charge is 2.32. The summed E-state index contributed by atoms with van der Waals surface area (Å²) in [4.78, 5) is 14.0. The molecule has 0 N–H and O–H groups in total. The zero-order valence-corrected chi connectivity index (χ0v) is 13.0. The van der Waals surface area contributed by atoms with Crippen molar-refractivity contribution >= 4 is 15.7 Å². The summed E-state index contributed by atoms with van der Waals surface area (Å²) in [5, 5.41) is 4.13. The van der Waals surface area contributed by atoms with Crippen molar-refractivity contribution in [2.45, 2.75) is 12.5 Å². The van der Waals surface area contributed by atoms with Crippen LogP contribution in [0, 0.1) is 0 Å². The lowest BCUT2D eigenvalue weighted by atomic mass is 10.1. The van der Waals surface area contributed by atoms with E-state index in [-0.39, 0.29) is 23.5 Å². The molecule has 0 unspecified atom stereocenters. The Kier molecular flexibility index (Phi) is 3.74. The molecule has 0 spiro atoms. The average Bonchev–Trinajstić information content (AvgIpc) is 3.15. The van der Waals surface area contributed by atoms with Crippen molar-refractivity contribution in [1.82, 2.24) is 14.7 Å². The first-order valence-electron chi connectivity index (χ1n) is 7.04. The Morgan fingerprint density at radius 3 is 2.59 bits per heavy atom. The Balaban J connectivity index is 1.75. The summed E-state index contributed by atoms with van der Waals surface area (Å²) >= 11 is 0. The maximum absolute atomic E-state index is 12.4. The highest BCUT2D eigenvalue weighted by molar-refractivity contribution is 7.91. The van der Waals surface area contributed by atoms with Gasteiger partial charge in [-0.25, -0.2) is 13.1 Å². The molecule has 1 aliphatic heterocycles. The van der Waals surface area contributed by atoms with Gasteiger partial charge in [0.1, 0.15) is 0 Å². The zero-order chi connectivity index (χ0) is 15.7. The number of rotatable bonds is 3. The fourth-order valence-electron chi connectivity index (χ4n) is 2.63. The highest BCUT2D eigenvalue weighted by atomic mass is 32.2. The number of benzene rings is 1. The van der Waals surface area contributed by atoms with E-state index in [9.17, 15) is 13.2 Å². The number of hydrogen-bond acceptors (Lipinski definition) is 4. The molecule has 1 atom stereocenters. The van der Waals surface area contributed by atoms with E-state index in [1.54, 1.807) is 30.1 Å². The summed E-state index contributed by atoms with van der Waals surface area (Å²) in [5.41, 5.74) is 1.41. The minimum Gasteiger partial charge on any atom is -0.338 e. The second-order valence-corrected chi connectivity index (χ2v) is 7.70. The molecule has 1 aromatic heterocycles. The molecule has 116 valence electrons. The summed E-state index contributed by atoms with van der Waals surface area (Å²) in [6.45, 7) is 0. The number of hydrogen-bond donors (Lipinski definition) is 0. The average molecular weight is 319 g/mol. The lowest BCUT2D eigenvalue weighted by Crippen LogP contribution is -2.37. The fraction of sp³-hybridized carbons (Fsp3) is 0.333. The molecule has 1 amide bonds. The van der Waals surface area contributed by atoms with E-state index in [4.69, 9.17) is 0 Å². The van der Waals surface area contributed by atoms with E-state index in [2.05, 4.69) is 5.10 Å². The lowest BCUT2D eigenvalue weighted by Gasteiger charge is -2.23. The van der Waals surface area contributed by atoms with Crippen molar-refractivity contribution in [3.8, 4) is 5.69 Å². The number of amides is 1. The molecule has 2 aromatic rings. The van der Waals surface area contributed by atoms with Crippen molar-refractivity contribution in [3.05, 3.63) is 48.3 Å². The van der Waals surface area contributed by atoms with Crippen molar-refractivity contribution in [2.75, 3.05) is 18.6 Å². The van der Waals surface area contributed by atoms with E-state index < -0.39 is 9.84 Å². The van der Waals surface area contributed by atoms with Crippen LogP contribution < -0.4 is 0 Å². The SMILES string of the molecule is CN(C(=O)c1ccc(-n2cccn2)cc1)[C@H]1CCS(=O)(=O)C1. The van der Waals surface area contributed by atoms with E-state index in [1.807, 2.05) is 24.4 Å². The Hall–Kier alpha value is -2.15. The second-order valence-electron chi connectivity index (χ2n) is 5.47. The van der Waals surface area contributed by atoms with Crippen molar-refractivity contribution in [2.24, 2.45) is 0 Å². The standard InChI is InChI=1S/C15H17N3O3S/c1-17(14-7-10-22(20,21)11-14)15(19)12-3-5-13(6-4-12)18-9-2-8-16-18/h2-6,8-9,14H,7,10-11H2,1H3/t14-/m0/s1. The van der Waals surface area contributed by atoms with E-state index >= 15 is 0 Å². The normalized spacial score (nSPS) is 20.0. The van der Waals surface area contributed by atoms with E-state index in [0.29, 0.717) is 12.0 Å². The number of carbonyl (C=O) groups excluding carboxylic acids is 1. The van der Waals surface area contributed by atoms with Gasteiger partial charge < -0.3 is 4.90 Å². The maximum atomic E-state index is 12.4. The van der Waals surface area contributed by atoms with Crippen molar-refractivity contribution < 1.29 is 13.2 Å². The summed E-state index contributed by atoms with van der Waals surface area (Å²) in [5.74, 6) is 0.0582. The Bertz CT molecular complexity index is 767. The van der Waals surface area contributed by atoms with Gasteiger partial charge in [-0.05, 0) is 36.8 Å². The Morgan fingerprint density at radius 1 is 1.32 bits per heavy atom. The molecule has 2 heterocycles. The Morgan fingerprint density at radius 2 is 2.05 bits per heavy atom. The van der Waals surface area contributed by atoms with Crippen LogP contribution in [0.15, 0.2) is 42.7 Å². The van der Waals surface area contributed by atoms with Crippen LogP contribution in [-0.2, 0) is 9.84 Å². The predicted octanol–water partition coefficient (Wildman–Crippen LogP) is 1.13. The molecule has 1 aromatic carbocycles. The Labute approximate surface area is 129 Å². The maximum Gasteiger partial charge on any atom is 0.253 e. The predicted molar refractivity (Wildman–Crippen MR) is 82.7 cm³/mol. The molecular formula is C15H17N3O3S. The molecule has 0 saturated carbocycles. The van der Waals surface area contributed by atoms with Crippen LogP contribution >= 0.6 is 0 Å². The van der Waals surface area contributed by atoms with Gasteiger partial charge in [-0.3, -0.25) is 4.79 Å². The molecule has 1 aliphatic rings. The van der Waals surface area contributed by atoms with E-state index in [1.165, 1.54) is 4.90 Å². The van der Waals surface area contributed by atoms with Crippen LogP contribution in [-0.4, -0.2) is 53.6 Å².